The predicted molar refractivity (Wildman–Crippen MR) is 39.4 cm³/mol. The molecule has 0 aromatic heterocycles. The number of nitrogens with zero attached hydrogens (tertiary/aromatic N) is 1. The molecule has 0 amide bonds. The van der Waals surface area contributed by atoms with Gasteiger partial charge in [0.1, 0.15) is 0 Å². The van der Waals surface area contributed by atoms with Gasteiger partial charge in [-0.3, -0.25) is 0 Å². The highest BCUT2D eigenvalue weighted by Gasteiger charge is 2.04. The van der Waals surface area contributed by atoms with Crippen molar-refractivity contribution in [2.24, 2.45) is 0 Å². The lowest BCUT2D eigenvalue weighted by Gasteiger charge is -2.21. The highest BCUT2D eigenvalue weighted by atomic mass is 16.3. The van der Waals surface area contributed by atoms with Crippen LogP contribution in [-0.4, -0.2) is 35.7 Å². The first-order chi connectivity index (χ1) is 4.04. The zero-order valence-electron chi connectivity index (χ0n) is 6.76. The van der Waals surface area contributed by atoms with E-state index in [2.05, 4.69) is 18.7 Å². The lowest BCUT2D eigenvalue weighted by Crippen LogP contribution is -2.32. The molecule has 2 nitrogen and oxygen atoms in total. The number of aliphatic hydroxyl groups excluding tert-OH is 1. The van der Waals surface area contributed by atoms with Crippen LogP contribution in [0.2, 0.25) is 0 Å². The summed E-state index contributed by atoms with van der Waals surface area (Å²) in [6.07, 6.45) is -0.211. The van der Waals surface area contributed by atoms with Crippen molar-refractivity contribution in [1.82, 2.24) is 4.90 Å². The zero-order chi connectivity index (χ0) is 7.44. The van der Waals surface area contributed by atoms with E-state index < -0.39 is 0 Å². The van der Waals surface area contributed by atoms with Gasteiger partial charge < -0.3 is 10.0 Å². The van der Waals surface area contributed by atoms with Gasteiger partial charge in [-0.15, -0.1) is 0 Å². The second kappa shape index (κ2) is 3.85. The Bertz CT molecular complexity index is 71.3. The lowest BCUT2D eigenvalue weighted by atomic mass is 10.3. The number of hydrogen-bond acceptors (Lipinski definition) is 2. The minimum atomic E-state index is -0.211. The topological polar surface area (TPSA) is 23.5 Å². The molecule has 0 aliphatic carbocycles. The number of rotatable bonds is 3. The van der Waals surface area contributed by atoms with Crippen LogP contribution in [0.4, 0.5) is 0 Å². The minimum absolute atomic E-state index is 0.211. The van der Waals surface area contributed by atoms with Crippen LogP contribution in [0.3, 0.4) is 0 Å². The molecule has 0 radical (unpaired) electrons. The summed E-state index contributed by atoms with van der Waals surface area (Å²) in [4.78, 5) is 2.12. The maximum Gasteiger partial charge on any atom is 0.0639 e. The Hall–Kier alpha value is -0.0800. The summed E-state index contributed by atoms with van der Waals surface area (Å²) < 4.78 is 0. The summed E-state index contributed by atoms with van der Waals surface area (Å²) in [6, 6.07) is 0.527. The molecular formula is C7H17NO. The van der Waals surface area contributed by atoms with Crippen LogP contribution in [0.25, 0.3) is 0 Å². The molecular weight excluding hydrogens is 114 g/mol. The second-order valence-corrected chi connectivity index (χ2v) is 2.88. The molecule has 9 heavy (non-hydrogen) atoms. The van der Waals surface area contributed by atoms with Crippen LogP contribution in [-0.2, 0) is 0 Å². The molecule has 1 atom stereocenters. The monoisotopic (exact) mass is 131 g/mol. The van der Waals surface area contributed by atoms with Crippen molar-refractivity contribution < 1.29 is 5.11 Å². The van der Waals surface area contributed by atoms with E-state index in [0.29, 0.717) is 6.04 Å². The van der Waals surface area contributed by atoms with E-state index in [9.17, 15) is 0 Å². The lowest BCUT2D eigenvalue weighted by molar-refractivity contribution is 0.126. The molecule has 56 valence electrons. The third-order valence-electron chi connectivity index (χ3n) is 1.43. The largest absolute Gasteiger partial charge is 0.392 e. The van der Waals surface area contributed by atoms with Crippen molar-refractivity contribution in [2.75, 3.05) is 13.6 Å². The molecule has 0 saturated carbocycles. The van der Waals surface area contributed by atoms with Gasteiger partial charge in [-0.1, -0.05) is 0 Å². The van der Waals surface area contributed by atoms with Crippen molar-refractivity contribution in [3.05, 3.63) is 0 Å². The van der Waals surface area contributed by atoms with Gasteiger partial charge in [0.05, 0.1) is 6.10 Å². The standard InChI is InChI=1S/C7H17NO/c1-6(2)8(4)5-7(3)9/h6-7,9H,5H2,1-4H3. The van der Waals surface area contributed by atoms with Gasteiger partial charge in [0.2, 0.25) is 0 Å². The van der Waals surface area contributed by atoms with Crippen LogP contribution in [0, 0.1) is 0 Å². The van der Waals surface area contributed by atoms with E-state index in [1.54, 1.807) is 6.92 Å². The molecule has 0 spiro atoms. The number of aliphatic hydroxyl groups is 1. The Morgan fingerprint density at radius 2 is 1.78 bits per heavy atom. The zero-order valence-corrected chi connectivity index (χ0v) is 6.76. The Morgan fingerprint density at radius 3 is 1.89 bits per heavy atom. The Morgan fingerprint density at radius 1 is 1.33 bits per heavy atom. The van der Waals surface area contributed by atoms with Crippen LogP contribution in [0.5, 0.6) is 0 Å². The van der Waals surface area contributed by atoms with Crippen molar-refractivity contribution in [1.29, 1.82) is 0 Å². The minimum Gasteiger partial charge on any atom is -0.392 e. The summed E-state index contributed by atoms with van der Waals surface area (Å²) in [6.45, 7) is 6.79. The maximum absolute atomic E-state index is 8.93. The number of likely N-dealkylation sites (N-methyl/N-ethyl adjacent to an activating group) is 1. The summed E-state index contributed by atoms with van der Waals surface area (Å²) in [5.41, 5.74) is 0. The molecule has 0 saturated heterocycles. The van der Waals surface area contributed by atoms with E-state index in [-0.39, 0.29) is 6.10 Å². The Kier molecular flexibility index (Phi) is 3.82. The molecule has 0 aliphatic heterocycles. The van der Waals surface area contributed by atoms with Crippen LogP contribution >= 0.6 is 0 Å². The fourth-order valence-corrected chi connectivity index (χ4v) is 0.628. The SMILES string of the molecule is CC(O)CN(C)C(C)C. The van der Waals surface area contributed by atoms with Gasteiger partial charge in [0.15, 0.2) is 0 Å². The first kappa shape index (κ1) is 8.92. The molecule has 0 aromatic carbocycles. The molecule has 2 heteroatoms. The molecule has 0 aliphatic rings. The van der Waals surface area contributed by atoms with Gasteiger partial charge in [-0.25, -0.2) is 0 Å². The van der Waals surface area contributed by atoms with E-state index >= 15 is 0 Å². The molecule has 0 fully saturated rings. The Balaban J connectivity index is 3.38. The highest BCUT2D eigenvalue weighted by molar-refractivity contribution is 4.59. The van der Waals surface area contributed by atoms with E-state index in [0.717, 1.165) is 6.54 Å². The summed E-state index contributed by atoms with van der Waals surface area (Å²) >= 11 is 0. The van der Waals surface area contributed by atoms with Crippen molar-refractivity contribution in [3.8, 4) is 0 Å². The third-order valence-corrected chi connectivity index (χ3v) is 1.43. The van der Waals surface area contributed by atoms with Gasteiger partial charge in [-0.2, -0.15) is 0 Å². The predicted octanol–water partition coefficient (Wildman–Crippen LogP) is 0.707. The first-order valence-corrected chi connectivity index (χ1v) is 3.42. The summed E-state index contributed by atoms with van der Waals surface area (Å²) in [5, 5.41) is 8.93. The molecule has 0 heterocycles. The fourth-order valence-electron chi connectivity index (χ4n) is 0.628. The van der Waals surface area contributed by atoms with Gasteiger partial charge >= 0.3 is 0 Å². The smallest absolute Gasteiger partial charge is 0.0639 e. The third kappa shape index (κ3) is 4.43. The van der Waals surface area contributed by atoms with Crippen LogP contribution in [0.1, 0.15) is 20.8 Å². The van der Waals surface area contributed by atoms with Gasteiger partial charge in [0, 0.05) is 12.6 Å². The summed E-state index contributed by atoms with van der Waals surface area (Å²) in [5.74, 6) is 0. The molecule has 0 rings (SSSR count). The van der Waals surface area contributed by atoms with E-state index in [4.69, 9.17) is 5.11 Å². The molecule has 1 N–H and O–H groups in total. The second-order valence-electron chi connectivity index (χ2n) is 2.88. The Labute approximate surface area is 57.5 Å². The first-order valence-electron chi connectivity index (χ1n) is 3.42. The average molecular weight is 131 g/mol. The number of hydrogen-bond donors (Lipinski definition) is 1. The average Bonchev–Trinajstić information content (AvgIpc) is 1.63. The molecule has 0 bridgehead atoms. The van der Waals surface area contributed by atoms with Crippen LogP contribution < -0.4 is 0 Å². The van der Waals surface area contributed by atoms with E-state index in [1.807, 2.05) is 7.05 Å². The van der Waals surface area contributed by atoms with Gasteiger partial charge in [-0.05, 0) is 27.8 Å². The van der Waals surface area contributed by atoms with Crippen molar-refractivity contribution >= 4 is 0 Å². The van der Waals surface area contributed by atoms with Crippen molar-refractivity contribution in [2.45, 2.75) is 32.9 Å². The summed E-state index contributed by atoms with van der Waals surface area (Å²) in [7, 11) is 2.01. The van der Waals surface area contributed by atoms with Crippen molar-refractivity contribution in [3.63, 3.8) is 0 Å². The quantitative estimate of drug-likeness (QED) is 0.609. The molecule has 1 unspecified atom stereocenters. The fraction of sp³-hybridized carbons (Fsp3) is 1.00. The van der Waals surface area contributed by atoms with Gasteiger partial charge in [0.25, 0.3) is 0 Å². The van der Waals surface area contributed by atoms with Crippen LogP contribution in [0.15, 0.2) is 0 Å². The maximum atomic E-state index is 8.93. The normalized spacial score (nSPS) is 15.0. The van der Waals surface area contributed by atoms with E-state index in [1.165, 1.54) is 0 Å². The molecule has 0 aromatic rings. The highest BCUT2D eigenvalue weighted by Crippen LogP contribution is 1.94.